The molecule has 18 heavy (non-hydrogen) atoms. The smallest absolute Gasteiger partial charge is 0.356 e. The van der Waals surface area contributed by atoms with E-state index >= 15 is 0 Å². The van der Waals surface area contributed by atoms with Crippen LogP contribution >= 0.6 is 0 Å². The predicted octanol–water partition coefficient (Wildman–Crippen LogP) is 2.55. The van der Waals surface area contributed by atoms with Gasteiger partial charge in [0.25, 0.3) is 0 Å². The van der Waals surface area contributed by atoms with E-state index in [-0.39, 0.29) is 0 Å². The van der Waals surface area contributed by atoms with Crippen LogP contribution in [0, 0.1) is 13.8 Å². The molecule has 0 unspecified atom stereocenters. The van der Waals surface area contributed by atoms with Gasteiger partial charge in [0.05, 0.1) is 18.5 Å². The summed E-state index contributed by atoms with van der Waals surface area (Å²) < 4.78 is 4.68. The highest BCUT2D eigenvalue weighted by atomic mass is 16.5. The number of ether oxygens (including phenoxy) is 1. The topological polar surface area (TPSA) is 52.1 Å². The second-order valence-corrected chi connectivity index (χ2v) is 4.12. The Morgan fingerprint density at radius 2 is 1.83 bits per heavy atom. The summed E-state index contributed by atoms with van der Waals surface area (Å²) >= 11 is 0. The maximum absolute atomic E-state index is 11.5. The Balaban J connectivity index is 2.51. The van der Waals surface area contributed by atoms with E-state index in [0.717, 1.165) is 16.8 Å². The molecular weight excluding hydrogens is 228 g/mol. The fraction of sp³-hybridized carbons (Fsp3) is 0.214. The molecule has 0 aliphatic rings. The second kappa shape index (κ2) is 4.96. The Morgan fingerprint density at radius 1 is 1.11 bits per heavy atom. The molecule has 0 saturated carbocycles. The molecule has 0 spiro atoms. The van der Waals surface area contributed by atoms with Crippen molar-refractivity contribution in [3.05, 3.63) is 47.3 Å². The van der Waals surface area contributed by atoms with E-state index in [0.29, 0.717) is 11.4 Å². The lowest BCUT2D eigenvalue weighted by atomic mass is 10.1. The number of esters is 1. The summed E-state index contributed by atoms with van der Waals surface area (Å²) in [6.45, 7) is 3.90. The van der Waals surface area contributed by atoms with E-state index in [1.807, 2.05) is 32.0 Å². The number of pyridine rings is 2. The van der Waals surface area contributed by atoms with E-state index in [1.54, 1.807) is 12.3 Å². The molecule has 0 aliphatic carbocycles. The minimum absolute atomic E-state index is 0.302. The quantitative estimate of drug-likeness (QED) is 0.759. The van der Waals surface area contributed by atoms with Gasteiger partial charge in [0.15, 0.2) is 0 Å². The second-order valence-electron chi connectivity index (χ2n) is 4.12. The van der Waals surface area contributed by atoms with Crippen LogP contribution in [0.4, 0.5) is 0 Å². The average molecular weight is 242 g/mol. The molecule has 0 bridgehead atoms. The molecule has 2 rings (SSSR count). The third-order valence-electron chi connectivity index (χ3n) is 2.54. The number of hydrogen-bond donors (Lipinski definition) is 0. The molecule has 0 atom stereocenters. The lowest BCUT2D eigenvalue weighted by Gasteiger charge is -2.05. The molecule has 0 amide bonds. The van der Waals surface area contributed by atoms with Crippen molar-refractivity contribution < 1.29 is 9.53 Å². The Morgan fingerprint density at radius 3 is 2.50 bits per heavy atom. The van der Waals surface area contributed by atoms with Crippen LogP contribution in [0.2, 0.25) is 0 Å². The molecule has 2 aromatic rings. The molecule has 2 heterocycles. The third-order valence-corrected chi connectivity index (χ3v) is 2.54. The zero-order valence-corrected chi connectivity index (χ0v) is 10.6. The average Bonchev–Trinajstić information content (AvgIpc) is 2.37. The molecule has 0 fully saturated rings. The normalized spacial score (nSPS) is 10.2. The number of hydrogen-bond acceptors (Lipinski definition) is 4. The van der Waals surface area contributed by atoms with Gasteiger partial charge < -0.3 is 4.74 Å². The zero-order chi connectivity index (χ0) is 13.1. The number of methoxy groups -OCH3 is 1. The van der Waals surface area contributed by atoms with Crippen LogP contribution in [0.15, 0.2) is 30.5 Å². The van der Waals surface area contributed by atoms with Gasteiger partial charge in [-0.05, 0) is 49.2 Å². The largest absolute Gasteiger partial charge is 0.464 e. The van der Waals surface area contributed by atoms with Crippen molar-refractivity contribution in [1.82, 2.24) is 9.97 Å². The first-order valence-corrected chi connectivity index (χ1v) is 5.60. The molecule has 0 N–H and O–H groups in total. The molecule has 4 nitrogen and oxygen atoms in total. The van der Waals surface area contributed by atoms with Crippen molar-refractivity contribution in [3.63, 3.8) is 0 Å². The zero-order valence-electron chi connectivity index (χ0n) is 10.6. The summed E-state index contributed by atoms with van der Waals surface area (Å²) in [5, 5.41) is 0. The number of rotatable bonds is 2. The number of nitrogens with zero attached hydrogens (tertiary/aromatic N) is 2. The maximum atomic E-state index is 11.5. The first kappa shape index (κ1) is 12.2. The fourth-order valence-corrected chi connectivity index (χ4v) is 1.68. The van der Waals surface area contributed by atoms with Crippen molar-refractivity contribution in [3.8, 4) is 11.4 Å². The Hall–Kier alpha value is -2.23. The molecular formula is C14H14N2O2. The number of aryl methyl sites for hydroxylation is 2. The monoisotopic (exact) mass is 242 g/mol. The van der Waals surface area contributed by atoms with Crippen molar-refractivity contribution in [2.75, 3.05) is 7.11 Å². The third kappa shape index (κ3) is 2.53. The van der Waals surface area contributed by atoms with Gasteiger partial charge in [0.1, 0.15) is 5.69 Å². The highest BCUT2D eigenvalue weighted by Gasteiger charge is 2.11. The maximum Gasteiger partial charge on any atom is 0.356 e. The van der Waals surface area contributed by atoms with Crippen LogP contribution in [0.5, 0.6) is 0 Å². The SMILES string of the molecule is COC(=O)c1cc(C)cc(-c2cc(C)ccn2)n1. The van der Waals surface area contributed by atoms with Gasteiger partial charge in [-0.25, -0.2) is 9.78 Å². The van der Waals surface area contributed by atoms with Crippen molar-refractivity contribution in [2.45, 2.75) is 13.8 Å². The fourth-order valence-electron chi connectivity index (χ4n) is 1.68. The summed E-state index contributed by atoms with van der Waals surface area (Å²) in [4.78, 5) is 20.1. The Labute approximate surface area is 106 Å². The number of carbonyl (C=O) groups is 1. The minimum Gasteiger partial charge on any atom is -0.464 e. The molecule has 2 aromatic heterocycles. The van der Waals surface area contributed by atoms with E-state index in [2.05, 4.69) is 14.7 Å². The first-order chi connectivity index (χ1) is 8.60. The first-order valence-electron chi connectivity index (χ1n) is 5.60. The summed E-state index contributed by atoms with van der Waals surface area (Å²) in [5.41, 5.74) is 3.78. The van der Waals surface area contributed by atoms with Crippen molar-refractivity contribution >= 4 is 5.97 Å². The summed E-state index contributed by atoms with van der Waals surface area (Å²) in [6.07, 6.45) is 1.73. The van der Waals surface area contributed by atoms with E-state index in [1.165, 1.54) is 7.11 Å². The van der Waals surface area contributed by atoms with Gasteiger partial charge in [-0.2, -0.15) is 0 Å². The summed E-state index contributed by atoms with van der Waals surface area (Å²) in [7, 11) is 1.34. The minimum atomic E-state index is -0.437. The molecule has 0 radical (unpaired) electrons. The van der Waals surface area contributed by atoms with E-state index < -0.39 is 5.97 Å². The highest BCUT2D eigenvalue weighted by molar-refractivity contribution is 5.88. The van der Waals surface area contributed by atoms with Crippen LogP contribution in [-0.4, -0.2) is 23.0 Å². The van der Waals surface area contributed by atoms with Crippen LogP contribution in [-0.2, 0) is 4.74 Å². The molecule has 0 aliphatic heterocycles. The van der Waals surface area contributed by atoms with Gasteiger partial charge in [0, 0.05) is 6.20 Å². The van der Waals surface area contributed by atoms with Crippen LogP contribution in [0.3, 0.4) is 0 Å². The Bertz CT molecular complexity index is 594. The molecule has 0 saturated heterocycles. The van der Waals surface area contributed by atoms with Gasteiger partial charge in [0.2, 0.25) is 0 Å². The van der Waals surface area contributed by atoms with Crippen molar-refractivity contribution in [1.29, 1.82) is 0 Å². The van der Waals surface area contributed by atoms with Gasteiger partial charge in [-0.15, -0.1) is 0 Å². The van der Waals surface area contributed by atoms with Crippen LogP contribution in [0.1, 0.15) is 21.6 Å². The van der Waals surface area contributed by atoms with Crippen LogP contribution < -0.4 is 0 Å². The molecule has 4 heteroatoms. The van der Waals surface area contributed by atoms with Gasteiger partial charge >= 0.3 is 5.97 Å². The van der Waals surface area contributed by atoms with Crippen molar-refractivity contribution in [2.24, 2.45) is 0 Å². The standard InChI is InChI=1S/C14H14N2O2/c1-9-4-5-15-11(6-9)12-7-10(2)8-13(16-12)14(17)18-3/h4-8H,1-3H3. The molecule has 0 aromatic carbocycles. The number of aromatic nitrogens is 2. The van der Waals surface area contributed by atoms with E-state index in [4.69, 9.17) is 0 Å². The van der Waals surface area contributed by atoms with Gasteiger partial charge in [-0.1, -0.05) is 0 Å². The lowest BCUT2D eigenvalue weighted by Crippen LogP contribution is -2.05. The van der Waals surface area contributed by atoms with Crippen LogP contribution in [0.25, 0.3) is 11.4 Å². The van der Waals surface area contributed by atoms with E-state index in [9.17, 15) is 4.79 Å². The molecule has 92 valence electrons. The number of carbonyl (C=O) groups excluding carboxylic acids is 1. The predicted molar refractivity (Wildman–Crippen MR) is 68.3 cm³/mol. The summed E-state index contributed by atoms with van der Waals surface area (Å²) in [6, 6.07) is 7.45. The van der Waals surface area contributed by atoms with Gasteiger partial charge in [-0.3, -0.25) is 4.98 Å². The lowest BCUT2D eigenvalue weighted by molar-refractivity contribution is 0.0594. The Kier molecular flexibility index (Phi) is 3.37. The summed E-state index contributed by atoms with van der Waals surface area (Å²) in [5.74, 6) is -0.437. The highest BCUT2D eigenvalue weighted by Crippen LogP contribution is 2.18.